The first kappa shape index (κ1) is 12.0. The molecule has 0 spiro atoms. The van der Waals surface area contributed by atoms with Crippen molar-refractivity contribution in [1.29, 1.82) is 0 Å². The molecule has 0 amide bonds. The van der Waals surface area contributed by atoms with E-state index in [9.17, 15) is 4.79 Å². The lowest BCUT2D eigenvalue weighted by Gasteiger charge is -2.28. The molecule has 2 unspecified atom stereocenters. The summed E-state index contributed by atoms with van der Waals surface area (Å²) in [5.74, 6) is 0.613. The number of methoxy groups -OCH3 is 1. The van der Waals surface area contributed by atoms with Crippen LogP contribution in [-0.4, -0.2) is 38.1 Å². The smallest absolute Gasteiger partial charge is 0.308 e. The lowest BCUT2D eigenvalue weighted by Crippen LogP contribution is -2.32. The second-order valence-electron chi connectivity index (χ2n) is 5.39. The Balaban J connectivity index is 1.67. The van der Waals surface area contributed by atoms with Gasteiger partial charge in [-0.3, -0.25) is 4.79 Å². The molecule has 2 aliphatic heterocycles. The molecule has 1 saturated carbocycles. The lowest BCUT2D eigenvalue weighted by molar-refractivity contribution is -0.146. The van der Waals surface area contributed by atoms with E-state index in [4.69, 9.17) is 14.3 Å². The highest BCUT2D eigenvalue weighted by molar-refractivity contribution is 5.91. The van der Waals surface area contributed by atoms with Gasteiger partial charge >= 0.3 is 5.97 Å². The van der Waals surface area contributed by atoms with Crippen LogP contribution in [0.4, 0.5) is 0 Å². The maximum absolute atomic E-state index is 11.6. The molecular formula is C13H19NO4. The highest BCUT2D eigenvalue weighted by atomic mass is 16.7. The molecule has 0 aromatic heterocycles. The largest absolute Gasteiger partial charge is 0.469 e. The molecule has 1 saturated heterocycles. The van der Waals surface area contributed by atoms with E-state index in [0.29, 0.717) is 25.0 Å². The molecule has 0 aromatic rings. The molecule has 0 bridgehead atoms. The molecule has 5 heteroatoms. The first-order chi connectivity index (χ1) is 8.79. The number of carbonyl (C=O) groups excluding carboxylic acids is 1. The summed E-state index contributed by atoms with van der Waals surface area (Å²) in [5, 5.41) is 4.25. The van der Waals surface area contributed by atoms with E-state index in [1.54, 1.807) is 0 Å². The number of hydrogen-bond acceptors (Lipinski definition) is 5. The average molecular weight is 253 g/mol. The van der Waals surface area contributed by atoms with Gasteiger partial charge in [0, 0.05) is 5.92 Å². The summed E-state index contributed by atoms with van der Waals surface area (Å²) in [6.07, 6.45) is 4.04. The highest BCUT2D eigenvalue weighted by Crippen LogP contribution is 2.37. The van der Waals surface area contributed by atoms with Crippen LogP contribution in [0.3, 0.4) is 0 Å². The number of fused-ring (bicyclic) bond motifs is 1. The Morgan fingerprint density at radius 2 is 2.28 bits per heavy atom. The SMILES string of the molecule is COC(=O)[C@@H]1CCC[C@H](C2=NOC3COCC23)C1. The zero-order valence-electron chi connectivity index (χ0n) is 10.6. The summed E-state index contributed by atoms with van der Waals surface area (Å²) in [7, 11) is 1.46. The average Bonchev–Trinajstić information content (AvgIpc) is 3.00. The van der Waals surface area contributed by atoms with Crippen LogP contribution in [0.15, 0.2) is 5.16 Å². The molecule has 0 radical (unpaired) electrons. The summed E-state index contributed by atoms with van der Waals surface area (Å²) >= 11 is 0. The third-order valence-corrected chi connectivity index (χ3v) is 4.33. The van der Waals surface area contributed by atoms with Crippen LogP contribution in [0.2, 0.25) is 0 Å². The summed E-state index contributed by atoms with van der Waals surface area (Å²) in [6.45, 7) is 1.35. The summed E-state index contributed by atoms with van der Waals surface area (Å²) in [4.78, 5) is 17.0. The molecule has 3 aliphatic rings. The lowest BCUT2D eigenvalue weighted by atomic mass is 9.76. The Morgan fingerprint density at radius 3 is 3.11 bits per heavy atom. The molecule has 0 N–H and O–H groups in total. The van der Waals surface area contributed by atoms with Gasteiger partial charge in [-0.15, -0.1) is 0 Å². The molecule has 2 fully saturated rings. The molecule has 2 heterocycles. The van der Waals surface area contributed by atoms with Gasteiger partial charge in [-0.2, -0.15) is 0 Å². The summed E-state index contributed by atoms with van der Waals surface area (Å²) < 4.78 is 10.3. The number of rotatable bonds is 2. The predicted octanol–water partition coefficient (Wildman–Crippen LogP) is 1.37. The van der Waals surface area contributed by atoms with Crippen LogP contribution in [-0.2, 0) is 19.1 Å². The fourth-order valence-electron chi connectivity index (χ4n) is 3.33. The van der Waals surface area contributed by atoms with Crippen molar-refractivity contribution in [3.63, 3.8) is 0 Å². The number of carbonyl (C=O) groups is 1. The fourth-order valence-corrected chi connectivity index (χ4v) is 3.33. The Labute approximate surface area is 106 Å². The third kappa shape index (κ3) is 2.00. The third-order valence-electron chi connectivity index (χ3n) is 4.33. The maximum Gasteiger partial charge on any atom is 0.308 e. The van der Waals surface area contributed by atoms with E-state index in [2.05, 4.69) is 5.16 Å². The molecule has 100 valence electrons. The van der Waals surface area contributed by atoms with Crippen molar-refractivity contribution in [2.45, 2.75) is 31.8 Å². The standard InChI is InChI=1S/C13H19NO4/c1-16-13(15)9-4-2-3-8(5-9)12-10-6-17-7-11(10)18-14-12/h8-11H,2-7H2,1H3/t8-,9+,10?,11?/m0/s1. The fraction of sp³-hybridized carbons (Fsp3) is 0.846. The molecule has 1 aliphatic carbocycles. The van der Waals surface area contributed by atoms with Crippen molar-refractivity contribution in [3.05, 3.63) is 0 Å². The number of ether oxygens (including phenoxy) is 2. The van der Waals surface area contributed by atoms with Gasteiger partial charge in [-0.25, -0.2) is 0 Å². The van der Waals surface area contributed by atoms with Crippen molar-refractivity contribution in [3.8, 4) is 0 Å². The van der Waals surface area contributed by atoms with Crippen LogP contribution < -0.4 is 0 Å². The van der Waals surface area contributed by atoms with Gasteiger partial charge in [0.2, 0.25) is 0 Å². The minimum Gasteiger partial charge on any atom is -0.469 e. The van der Waals surface area contributed by atoms with Crippen molar-refractivity contribution in [2.24, 2.45) is 22.9 Å². The van der Waals surface area contributed by atoms with Crippen molar-refractivity contribution >= 4 is 11.7 Å². The van der Waals surface area contributed by atoms with Crippen molar-refractivity contribution in [1.82, 2.24) is 0 Å². The molecule has 18 heavy (non-hydrogen) atoms. The summed E-state index contributed by atoms with van der Waals surface area (Å²) in [6, 6.07) is 0. The van der Waals surface area contributed by atoms with Gasteiger partial charge < -0.3 is 14.3 Å². The number of nitrogens with zero attached hydrogens (tertiary/aromatic N) is 1. The van der Waals surface area contributed by atoms with Gasteiger partial charge in [0.25, 0.3) is 0 Å². The van der Waals surface area contributed by atoms with Crippen LogP contribution in [0, 0.1) is 17.8 Å². The monoisotopic (exact) mass is 253 g/mol. The number of esters is 1. The molecule has 0 aromatic carbocycles. The maximum atomic E-state index is 11.6. The first-order valence-corrected chi connectivity index (χ1v) is 6.68. The first-order valence-electron chi connectivity index (χ1n) is 6.68. The van der Waals surface area contributed by atoms with Gasteiger partial charge in [-0.1, -0.05) is 11.6 Å². The molecular weight excluding hydrogens is 234 g/mol. The van der Waals surface area contributed by atoms with Crippen LogP contribution in [0.25, 0.3) is 0 Å². The van der Waals surface area contributed by atoms with Gasteiger partial charge in [-0.05, 0) is 19.3 Å². The van der Waals surface area contributed by atoms with E-state index in [1.165, 1.54) is 7.11 Å². The Morgan fingerprint density at radius 1 is 1.39 bits per heavy atom. The summed E-state index contributed by atoms with van der Waals surface area (Å²) in [5.41, 5.74) is 1.12. The van der Waals surface area contributed by atoms with Crippen LogP contribution in [0.5, 0.6) is 0 Å². The second-order valence-corrected chi connectivity index (χ2v) is 5.39. The van der Waals surface area contributed by atoms with Gasteiger partial charge in [0.15, 0.2) is 6.10 Å². The Bertz CT molecular complexity index is 368. The predicted molar refractivity (Wildman–Crippen MR) is 64.1 cm³/mol. The van der Waals surface area contributed by atoms with Crippen LogP contribution in [0.1, 0.15) is 25.7 Å². The van der Waals surface area contributed by atoms with Gasteiger partial charge in [0.05, 0.1) is 37.9 Å². The Hall–Kier alpha value is -1.10. The molecule has 3 rings (SSSR count). The molecule has 4 atom stereocenters. The van der Waals surface area contributed by atoms with E-state index < -0.39 is 0 Å². The van der Waals surface area contributed by atoms with Crippen molar-refractivity contribution < 1.29 is 19.1 Å². The Kier molecular flexibility index (Phi) is 3.24. The van der Waals surface area contributed by atoms with E-state index in [0.717, 1.165) is 31.4 Å². The quantitative estimate of drug-likeness (QED) is 0.697. The van der Waals surface area contributed by atoms with Crippen LogP contribution >= 0.6 is 0 Å². The van der Waals surface area contributed by atoms with E-state index in [-0.39, 0.29) is 18.0 Å². The minimum atomic E-state index is -0.0848. The molecule has 5 nitrogen and oxygen atoms in total. The normalized spacial score (nSPS) is 38.8. The number of oxime groups is 1. The van der Waals surface area contributed by atoms with Crippen molar-refractivity contribution in [2.75, 3.05) is 20.3 Å². The van der Waals surface area contributed by atoms with E-state index in [1.807, 2.05) is 0 Å². The second kappa shape index (κ2) is 4.88. The zero-order chi connectivity index (χ0) is 12.5. The number of hydrogen-bond donors (Lipinski definition) is 0. The topological polar surface area (TPSA) is 57.1 Å². The van der Waals surface area contributed by atoms with E-state index >= 15 is 0 Å². The van der Waals surface area contributed by atoms with Gasteiger partial charge in [0.1, 0.15) is 0 Å². The minimum absolute atomic E-state index is 0.0258. The highest BCUT2D eigenvalue weighted by Gasteiger charge is 2.43. The zero-order valence-corrected chi connectivity index (χ0v) is 10.6.